The Balaban J connectivity index is 2.18. The molecule has 1 aliphatic heterocycles. The van der Waals surface area contributed by atoms with E-state index in [1.807, 2.05) is 6.92 Å². The normalized spacial score (nSPS) is 21.3. The van der Waals surface area contributed by atoms with Crippen LogP contribution >= 0.6 is 0 Å². The summed E-state index contributed by atoms with van der Waals surface area (Å²) in [6.07, 6.45) is 3.54. The smallest absolute Gasteiger partial charge is 0.303 e. The quantitative estimate of drug-likeness (QED) is 0.729. The van der Waals surface area contributed by atoms with Crippen molar-refractivity contribution in [2.45, 2.75) is 32.6 Å². The molecular weight excluding hydrogens is 168 g/mol. The highest BCUT2D eigenvalue weighted by Crippen LogP contribution is 2.24. The standard InChI is InChI=1S/C10H18O3/c1-8(7-10(11)12)6-9-2-4-13-5-3-9/h8-9H,2-7H2,1H3,(H,11,12). The van der Waals surface area contributed by atoms with Crippen molar-refractivity contribution in [3.05, 3.63) is 0 Å². The van der Waals surface area contributed by atoms with Crippen LogP contribution in [0.2, 0.25) is 0 Å². The SMILES string of the molecule is CC(CC(=O)O)CC1CCOCC1. The largest absolute Gasteiger partial charge is 0.481 e. The minimum Gasteiger partial charge on any atom is -0.481 e. The fraction of sp³-hybridized carbons (Fsp3) is 0.900. The van der Waals surface area contributed by atoms with Gasteiger partial charge < -0.3 is 9.84 Å². The molecule has 0 radical (unpaired) electrons. The Bertz CT molecular complexity index is 162. The first-order valence-electron chi connectivity index (χ1n) is 4.98. The summed E-state index contributed by atoms with van der Waals surface area (Å²) in [5.74, 6) is 0.309. The van der Waals surface area contributed by atoms with Crippen molar-refractivity contribution >= 4 is 5.97 Å². The zero-order valence-corrected chi connectivity index (χ0v) is 8.16. The Morgan fingerprint density at radius 1 is 1.54 bits per heavy atom. The summed E-state index contributed by atoms with van der Waals surface area (Å²) < 4.78 is 5.25. The third-order valence-corrected chi connectivity index (χ3v) is 2.60. The molecule has 1 rings (SSSR count). The maximum atomic E-state index is 10.4. The van der Waals surface area contributed by atoms with Crippen LogP contribution in [-0.2, 0) is 9.53 Å². The summed E-state index contributed by atoms with van der Waals surface area (Å²) in [7, 11) is 0. The second-order valence-electron chi connectivity index (χ2n) is 3.99. The number of ether oxygens (including phenoxy) is 1. The van der Waals surface area contributed by atoms with Crippen molar-refractivity contribution in [1.29, 1.82) is 0 Å². The molecule has 0 saturated carbocycles. The molecule has 1 heterocycles. The average molecular weight is 186 g/mol. The van der Waals surface area contributed by atoms with Crippen LogP contribution < -0.4 is 0 Å². The van der Waals surface area contributed by atoms with E-state index in [2.05, 4.69) is 0 Å². The second-order valence-corrected chi connectivity index (χ2v) is 3.99. The first-order valence-corrected chi connectivity index (χ1v) is 4.98. The van der Waals surface area contributed by atoms with Gasteiger partial charge in [-0.2, -0.15) is 0 Å². The van der Waals surface area contributed by atoms with Gasteiger partial charge in [0.25, 0.3) is 0 Å². The van der Waals surface area contributed by atoms with E-state index in [1.165, 1.54) is 0 Å². The van der Waals surface area contributed by atoms with E-state index in [-0.39, 0.29) is 0 Å². The molecule has 3 nitrogen and oxygen atoms in total. The Morgan fingerprint density at radius 2 is 2.15 bits per heavy atom. The van der Waals surface area contributed by atoms with Gasteiger partial charge in [0.15, 0.2) is 0 Å². The van der Waals surface area contributed by atoms with E-state index in [9.17, 15) is 4.79 Å². The minimum atomic E-state index is -0.681. The van der Waals surface area contributed by atoms with Crippen molar-refractivity contribution in [2.24, 2.45) is 11.8 Å². The monoisotopic (exact) mass is 186 g/mol. The van der Waals surface area contributed by atoms with Crippen molar-refractivity contribution in [3.63, 3.8) is 0 Å². The maximum Gasteiger partial charge on any atom is 0.303 e. The van der Waals surface area contributed by atoms with Crippen LogP contribution in [-0.4, -0.2) is 24.3 Å². The van der Waals surface area contributed by atoms with Crippen LogP contribution in [0.5, 0.6) is 0 Å². The van der Waals surface area contributed by atoms with E-state index in [1.54, 1.807) is 0 Å². The van der Waals surface area contributed by atoms with E-state index in [0.29, 0.717) is 18.3 Å². The predicted octanol–water partition coefficient (Wildman–Crippen LogP) is 1.91. The first-order chi connectivity index (χ1) is 6.18. The van der Waals surface area contributed by atoms with Crippen LogP contribution in [0.1, 0.15) is 32.6 Å². The number of carboxylic acid groups (broad SMARTS) is 1. The van der Waals surface area contributed by atoms with Crippen molar-refractivity contribution in [2.75, 3.05) is 13.2 Å². The molecule has 0 aliphatic carbocycles. The maximum absolute atomic E-state index is 10.4. The number of carbonyl (C=O) groups is 1. The summed E-state index contributed by atoms with van der Waals surface area (Å²) in [4.78, 5) is 10.4. The fourth-order valence-electron chi connectivity index (χ4n) is 1.93. The summed E-state index contributed by atoms with van der Waals surface area (Å²) in [6, 6.07) is 0. The molecule has 0 aromatic heterocycles. The predicted molar refractivity (Wildman–Crippen MR) is 49.6 cm³/mol. The molecule has 1 unspecified atom stereocenters. The Hall–Kier alpha value is -0.570. The Morgan fingerprint density at radius 3 is 2.69 bits per heavy atom. The van der Waals surface area contributed by atoms with Crippen LogP contribution in [0.3, 0.4) is 0 Å². The number of carboxylic acids is 1. The molecule has 3 heteroatoms. The third kappa shape index (κ3) is 4.27. The Labute approximate surface area is 79.1 Å². The number of aliphatic carboxylic acids is 1. The zero-order chi connectivity index (χ0) is 9.68. The summed E-state index contributed by atoms with van der Waals surface area (Å²) >= 11 is 0. The van der Waals surface area contributed by atoms with Gasteiger partial charge >= 0.3 is 5.97 Å². The molecule has 0 spiro atoms. The number of rotatable bonds is 4. The molecule has 0 bridgehead atoms. The lowest BCUT2D eigenvalue weighted by atomic mass is 9.88. The van der Waals surface area contributed by atoms with Crippen LogP contribution in [0.15, 0.2) is 0 Å². The molecular formula is C10H18O3. The molecule has 1 atom stereocenters. The molecule has 0 amide bonds. The molecule has 1 saturated heterocycles. The van der Waals surface area contributed by atoms with Gasteiger partial charge in [-0.15, -0.1) is 0 Å². The van der Waals surface area contributed by atoms with Gasteiger partial charge in [0.2, 0.25) is 0 Å². The molecule has 1 aliphatic rings. The molecule has 13 heavy (non-hydrogen) atoms. The topological polar surface area (TPSA) is 46.5 Å². The lowest BCUT2D eigenvalue weighted by Gasteiger charge is -2.24. The molecule has 76 valence electrons. The molecule has 1 N–H and O–H groups in total. The van der Waals surface area contributed by atoms with Crippen molar-refractivity contribution in [1.82, 2.24) is 0 Å². The van der Waals surface area contributed by atoms with Crippen LogP contribution in [0.25, 0.3) is 0 Å². The molecule has 1 fully saturated rings. The first kappa shape index (κ1) is 10.5. The van der Waals surface area contributed by atoms with E-state index >= 15 is 0 Å². The zero-order valence-electron chi connectivity index (χ0n) is 8.16. The lowest BCUT2D eigenvalue weighted by molar-refractivity contribution is -0.138. The van der Waals surface area contributed by atoms with Gasteiger partial charge in [-0.1, -0.05) is 6.92 Å². The highest BCUT2D eigenvalue weighted by atomic mass is 16.5. The van der Waals surface area contributed by atoms with Gasteiger partial charge in [-0.05, 0) is 31.1 Å². The van der Waals surface area contributed by atoms with E-state index < -0.39 is 5.97 Å². The van der Waals surface area contributed by atoms with Crippen molar-refractivity contribution in [3.8, 4) is 0 Å². The van der Waals surface area contributed by atoms with Crippen LogP contribution in [0.4, 0.5) is 0 Å². The van der Waals surface area contributed by atoms with Crippen molar-refractivity contribution < 1.29 is 14.6 Å². The second kappa shape index (κ2) is 5.22. The highest BCUT2D eigenvalue weighted by molar-refractivity contribution is 5.66. The fourth-order valence-corrected chi connectivity index (χ4v) is 1.93. The number of hydrogen-bond acceptors (Lipinski definition) is 2. The van der Waals surface area contributed by atoms with Gasteiger partial charge in [-0.3, -0.25) is 4.79 Å². The van der Waals surface area contributed by atoms with E-state index in [0.717, 1.165) is 32.5 Å². The Kier molecular flexibility index (Phi) is 4.22. The van der Waals surface area contributed by atoms with Gasteiger partial charge in [-0.25, -0.2) is 0 Å². The third-order valence-electron chi connectivity index (χ3n) is 2.60. The van der Waals surface area contributed by atoms with E-state index in [4.69, 9.17) is 9.84 Å². The summed E-state index contributed by atoms with van der Waals surface area (Å²) in [6.45, 7) is 3.72. The molecule has 0 aromatic carbocycles. The highest BCUT2D eigenvalue weighted by Gasteiger charge is 2.18. The van der Waals surface area contributed by atoms with Gasteiger partial charge in [0.05, 0.1) is 0 Å². The summed E-state index contributed by atoms with van der Waals surface area (Å²) in [5.41, 5.74) is 0. The summed E-state index contributed by atoms with van der Waals surface area (Å²) in [5, 5.41) is 8.59. The van der Waals surface area contributed by atoms with Gasteiger partial charge in [0.1, 0.15) is 0 Å². The van der Waals surface area contributed by atoms with Gasteiger partial charge in [0, 0.05) is 19.6 Å². The molecule has 0 aromatic rings. The minimum absolute atomic E-state index is 0.303. The number of hydrogen-bond donors (Lipinski definition) is 1. The average Bonchev–Trinajstić information content (AvgIpc) is 2.04. The lowest BCUT2D eigenvalue weighted by Crippen LogP contribution is -2.18. The van der Waals surface area contributed by atoms with Crippen LogP contribution in [0, 0.1) is 11.8 Å².